The fourth-order valence-electron chi connectivity index (χ4n) is 2.32. The number of hydrogen-bond donors (Lipinski definition) is 1. The maximum Gasteiger partial charge on any atom is 0.285 e. The van der Waals surface area contributed by atoms with Crippen molar-refractivity contribution >= 4 is 39.1 Å². The minimum absolute atomic E-state index is 0.0417. The normalized spacial score (nSPS) is 11.3. The van der Waals surface area contributed by atoms with Gasteiger partial charge in [-0.05, 0) is 36.4 Å². The summed E-state index contributed by atoms with van der Waals surface area (Å²) in [5.41, 5.74) is 0.594. The number of hydrogen-bond acceptors (Lipinski definition) is 4. The van der Waals surface area contributed by atoms with Crippen LogP contribution in [0.15, 0.2) is 59.6 Å². The zero-order valence-corrected chi connectivity index (χ0v) is 15.8. The number of benzene rings is 2. The largest absolute Gasteiger partial charge is 0.333 e. The van der Waals surface area contributed by atoms with E-state index in [4.69, 9.17) is 23.2 Å². The van der Waals surface area contributed by atoms with Crippen molar-refractivity contribution in [3.63, 3.8) is 0 Å². The van der Waals surface area contributed by atoms with Crippen molar-refractivity contribution in [2.75, 3.05) is 0 Å². The van der Waals surface area contributed by atoms with Gasteiger partial charge < -0.3 is 4.57 Å². The summed E-state index contributed by atoms with van der Waals surface area (Å²) in [6.07, 6.45) is 1.44. The number of rotatable bonds is 4. The van der Waals surface area contributed by atoms with Crippen LogP contribution >= 0.6 is 23.2 Å². The molecule has 9 heteroatoms. The van der Waals surface area contributed by atoms with Crippen molar-refractivity contribution < 1.29 is 13.2 Å². The highest BCUT2D eigenvalue weighted by Crippen LogP contribution is 2.26. The Hall–Kier alpha value is -2.35. The maximum absolute atomic E-state index is 12.4. The van der Waals surface area contributed by atoms with Gasteiger partial charge in [0.1, 0.15) is 11.5 Å². The first-order valence-corrected chi connectivity index (χ1v) is 9.63. The predicted molar refractivity (Wildman–Crippen MR) is 99.8 cm³/mol. The fraction of sp³-hybridized carbons (Fsp3) is 0.0588. The maximum atomic E-state index is 12.4. The van der Waals surface area contributed by atoms with Gasteiger partial charge in [0.25, 0.3) is 15.9 Å². The van der Waals surface area contributed by atoms with Gasteiger partial charge in [-0.15, -0.1) is 0 Å². The van der Waals surface area contributed by atoms with Gasteiger partial charge in [-0.25, -0.2) is 18.1 Å². The quantitative estimate of drug-likeness (QED) is 0.714. The zero-order chi connectivity index (χ0) is 18.9. The summed E-state index contributed by atoms with van der Waals surface area (Å²) < 4.78 is 28.2. The van der Waals surface area contributed by atoms with Crippen LogP contribution in [-0.2, 0) is 17.1 Å². The molecule has 0 spiro atoms. The monoisotopic (exact) mass is 409 g/mol. The van der Waals surface area contributed by atoms with Gasteiger partial charge >= 0.3 is 0 Å². The minimum Gasteiger partial charge on any atom is -0.333 e. The molecule has 134 valence electrons. The summed E-state index contributed by atoms with van der Waals surface area (Å²) in [5.74, 6) is -0.390. The molecule has 3 aromatic rings. The van der Waals surface area contributed by atoms with Crippen LogP contribution in [0.1, 0.15) is 10.5 Å². The average molecular weight is 410 g/mol. The third-order valence-corrected chi connectivity index (χ3v) is 5.50. The molecular formula is C17H13Cl2N3O3S. The molecule has 1 amide bonds. The molecule has 0 aliphatic carbocycles. The highest BCUT2D eigenvalue weighted by atomic mass is 35.5. The van der Waals surface area contributed by atoms with E-state index in [0.29, 0.717) is 21.4 Å². The molecule has 0 saturated heterocycles. The molecule has 6 nitrogen and oxygen atoms in total. The van der Waals surface area contributed by atoms with Crippen LogP contribution in [0, 0.1) is 0 Å². The van der Waals surface area contributed by atoms with E-state index in [2.05, 4.69) is 4.98 Å². The summed E-state index contributed by atoms with van der Waals surface area (Å²) in [7, 11) is -2.34. The Morgan fingerprint density at radius 3 is 2.38 bits per heavy atom. The summed E-state index contributed by atoms with van der Waals surface area (Å²) >= 11 is 11.9. The van der Waals surface area contributed by atoms with Gasteiger partial charge in [-0.3, -0.25) is 4.79 Å². The Bertz CT molecular complexity index is 1080. The Kier molecular flexibility index (Phi) is 5.04. The number of aryl methyl sites for hydroxylation is 1. The van der Waals surface area contributed by atoms with Gasteiger partial charge in [0, 0.05) is 23.8 Å². The van der Waals surface area contributed by atoms with Crippen molar-refractivity contribution in [2.45, 2.75) is 4.90 Å². The number of aromatic nitrogens is 2. The lowest BCUT2D eigenvalue weighted by Gasteiger charge is -2.05. The highest BCUT2D eigenvalue weighted by Gasteiger charge is 2.22. The lowest BCUT2D eigenvalue weighted by molar-refractivity contribution is 0.0977. The average Bonchev–Trinajstić information content (AvgIpc) is 2.97. The first kappa shape index (κ1) is 18.4. The van der Waals surface area contributed by atoms with Gasteiger partial charge in [-0.2, -0.15) is 0 Å². The molecule has 1 aromatic heterocycles. The van der Waals surface area contributed by atoms with E-state index in [1.807, 2.05) is 4.72 Å². The summed E-state index contributed by atoms with van der Waals surface area (Å²) in [6.45, 7) is 0. The van der Waals surface area contributed by atoms with Crippen molar-refractivity contribution in [3.8, 4) is 11.4 Å². The molecule has 0 fully saturated rings. The minimum atomic E-state index is -4.03. The zero-order valence-electron chi connectivity index (χ0n) is 13.5. The van der Waals surface area contributed by atoms with Crippen LogP contribution in [0.2, 0.25) is 10.0 Å². The lowest BCUT2D eigenvalue weighted by Crippen LogP contribution is -2.30. The van der Waals surface area contributed by atoms with Gasteiger partial charge in [-0.1, -0.05) is 35.3 Å². The van der Waals surface area contributed by atoms with Gasteiger partial charge in [0.05, 0.1) is 9.92 Å². The molecule has 0 saturated carbocycles. The van der Waals surface area contributed by atoms with Crippen molar-refractivity contribution in [1.82, 2.24) is 14.3 Å². The highest BCUT2D eigenvalue weighted by molar-refractivity contribution is 7.90. The van der Waals surface area contributed by atoms with E-state index in [-0.39, 0.29) is 10.6 Å². The topological polar surface area (TPSA) is 81.1 Å². The van der Waals surface area contributed by atoms with E-state index >= 15 is 0 Å². The Morgan fingerprint density at radius 2 is 1.73 bits per heavy atom. The molecule has 3 rings (SSSR count). The van der Waals surface area contributed by atoms with Crippen molar-refractivity contribution in [3.05, 3.63) is 70.5 Å². The third-order valence-electron chi connectivity index (χ3n) is 3.57. The van der Waals surface area contributed by atoms with Crippen LogP contribution in [0.4, 0.5) is 0 Å². The smallest absolute Gasteiger partial charge is 0.285 e. The fourth-order valence-corrected chi connectivity index (χ4v) is 3.62. The number of sulfonamides is 1. The molecule has 26 heavy (non-hydrogen) atoms. The van der Waals surface area contributed by atoms with Crippen molar-refractivity contribution in [1.29, 1.82) is 0 Å². The first-order valence-electron chi connectivity index (χ1n) is 7.39. The number of carbonyl (C=O) groups excluding carboxylic acids is 1. The number of halogens is 2. The van der Waals surface area contributed by atoms with Crippen LogP contribution < -0.4 is 4.72 Å². The molecule has 0 radical (unpaired) electrons. The summed E-state index contributed by atoms with van der Waals surface area (Å²) in [5, 5.41) is 0.867. The third kappa shape index (κ3) is 3.75. The molecule has 0 aliphatic rings. The van der Waals surface area contributed by atoms with Gasteiger partial charge in [0.2, 0.25) is 0 Å². The number of imidazole rings is 1. The molecule has 1 heterocycles. The number of nitrogens with zero attached hydrogens (tertiary/aromatic N) is 2. The second kappa shape index (κ2) is 7.11. The van der Waals surface area contributed by atoms with Crippen LogP contribution in [0.3, 0.4) is 0 Å². The Labute approximate surface area is 160 Å². The molecule has 0 aliphatic heterocycles. The SMILES string of the molecule is Cn1cc(C(=O)NS(=O)(=O)c2ccc(Cl)cc2)nc1-c1ccccc1Cl. The molecule has 0 unspecified atom stereocenters. The molecular weight excluding hydrogens is 397 g/mol. The van der Waals surface area contributed by atoms with Crippen LogP contribution in [-0.4, -0.2) is 23.9 Å². The Balaban J connectivity index is 1.88. The van der Waals surface area contributed by atoms with E-state index in [1.54, 1.807) is 35.9 Å². The van der Waals surface area contributed by atoms with Crippen molar-refractivity contribution in [2.24, 2.45) is 7.05 Å². The first-order chi connectivity index (χ1) is 12.3. The lowest BCUT2D eigenvalue weighted by atomic mass is 10.2. The summed E-state index contributed by atoms with van der Waals surface area (Å²) in [4.78, 5) is 16.5. The summed E-state index contributed by atoms with van der Waals surface area (Å²) in [6, 6.07) is 12.5. The predicted octanol–water partition coefficient (Wildman–Crippen LogP) is 3.51. The van der Waals surface area contributed by atoms with E-state index in [9.17, 15) is 13.2 Å². The second-order valence-electron chi connectivity index (χ2n) is 5.43. The number of carbonyl (C=O) groups is 1. The van der Waals surface area contributed by atoms with E-state index < -0.39 is 15.9 Å². The molecule has 0 bridgehead atoms. The molecule has 0 atom stereocenters. The van der Waals surface area contributed by atoms with E-state index in [1.165, 1.54) is 30.5 Å². The van der Waals surface area contributed by atoms with E-state index in [0.717, 1.165) is 0 Å². The number of amides is 1. The molecule has 2 aromatic carbocycles. The number of nitrogens with one attached hydrogen (secondary N) is 1. The Morgan fingerprint density at radius 1 is 1.08 bits per heavy atom. The standard InChI is InChI=1S/C17H13Cl2N3O3S/c1-22-10-15(20-16(22)13-4-2-3-5-14(13)19)17(23)21-26(24,25)12-8-6-11(18)7-9-12/h2-10H,1H3,(H,21,23). The van der Waals surface area contributed by atoms with Crippen LogP contribution in [0.5, 0.6) is 0 Å². The van der Waals surface area contributed by atoms with Gasteiger partial charge in [0.15, 0.2) is 0 Å². The second-order valence-corrected chi connectivity index (χ2v) is 7.96. The van der Waals surface area contributed by atoms with Crippen LogP contribution in [0.25, 0.3) is 11.4 Å². The molecule has 1 N–H and O–H groups in total.